The topological polar surface area (TPSA) is 79.8 Å². The van der Waals surface area contributed by atoms with Crippen molar-refractivity contribution >= 4 is 28.2 Å². The Morgan fingerprint density at radius 3 is 2.63 bits per heavy atom. The van der Waals surface area contributed by atoms with Gasteiger partial charge < -0.3 is 10.6 Å². The van der Waals surface area contributed by atoms with Gasteiger partial charge in [-0.15, -0.1) is 0 Å². The average Bonchev–Trinajstić information content (AvgIpc) is 2.73. The Morgan fingerprint density at radius 1 is 0.852 bits per heavy atom. The molecule has 0 bridgehead atoms. The molecule has 3 aromatic heterocycles. The number of hydrogen-bond donors (Lipinski definition) is 2. The van der Waals surface area contributed by atoms with E-state index in [1.807, 2.05) is 54.6 Å². The standard InChI is InChI=1S/C21H17N5O/c27-21(26-18-8-3-5-15-6-4-11-24-20(15)18)19-13-16(9-12-23-19)25-14-17-7-1-2-10-22-17/h1-13H,14H2,(H,23,25)(H,26,27). The van der Waals surface area contributed by atoms with E-state index in [2.05, 4.69) is 25.6 Å². The van der Waals surface area contributed by atoms with Gasteiger partial charge in [0.1, 0.15) is 5.69 Å². The molecule has 0 saturated carbocycles. The van der Waals surface area contributed by atoms with Gasteiger partial charge in [0.2, 0.25) is 0 Å². The fourth-order valence-electron chi connectivity index (χ4n) is 2.75. The van der Waals surface area contributed by atoms with Crippen molar-refractivity contribution < 1.29 is 4.79 Å². The molecule has 4 rings (SSSR count). The van der Waals surface area contributed by atoms with Crippen molar-refractivity contribution in [2.75, 3.05) is 10.6 Å². The molecule has 1 aromatic carbocycles. The number of carbonyl (C=O) groups is 1. The third-order valence-electron chi connectivity index (χ3n) is 4.07. The molecule has 0 unspecified atom stereocenters. The lowest BCUT2D eigenvalue weighted by molar-refractivity contribution is 0.102. The fourth-order valence-corrected chi connectivity index (χ4v) is 2.75. The highest BCUT2D eigenvalue weighted by Gasteiger charge is 2.11. The first kappa shape index (κ1) is 16.7. The molecule has 6 heteroatoms. The summed E-state index contributed by atoms with van der Waals surface area (Å²) in [7, 11) is 0. The first-order valence-corrected chi connectivity index (χ1v) is 8.54. The van der Waals surface area contributed by atoms with Crippen molar-refractivity contribution in [3.05, 3.63) is 90.6 Å². The second-order valence-corrected chi connectivity index (χ2v) is 5.94. The van der Waals surface area contributed by atoms with Crippen molar-refractivity contribution in [3.63, 3.8) is 0 Å². The van der Waals surface area contributed by atoms with E-state index in [4.69, 9.17) is 0 Å². The van der Waals surface area contributed by atoms with Crippen LogP contribution in [0, 0.1) is 0 Å². The first-order chi connectivity index (χ1) is 13.3. The first-order valence-electron chi connectivity index (χ1n) is 8.54. The summed E-state index contributed by atoms with van der Waals surface area (Å²) in [5.41, 5.74) is 3.46. The minimum atomic E-state index is -0.283. The van der Waals surface area contributed by atoms with Gasteiger partial charge in [-0.3, -0.25) is 19.7 Å². The number of nitrogens with zero attached hydrogens (tertiary/aromatic N) is 3. The predicted octanol–water partition coefficient (Wildman–Crippen LogP) is 3.89. The van der Waals surface area contributed by atoms with Crippen LogP contribution < -0.4 is 10.6 Å². The molecular weight excluding hydrogens is 338 g/mol. The number of amides is 1. The number of hydrogen-bond acceptors (Lipinski definition) is 5. The summed E-state index contributed by atoms with van der Waals surface area (Å²) in [5, 5.41) is 7.12. The lowest BCUT2D eigenvalue weighted by Crippen LogP contribution is -2.14. The molecule has 2 N–H and O–H groups in total. The van der Waals surface area contributed by atoms with E-state index in [1.165, 1.54) is 0 Å². The zero-order valence-corrected chi connectivity index (χ0v) is 14.5. The number of pyridine rings is 3. The molecule has 0 aliphatic carbocycles. The highest BCUT2D eigenvalue weighted by molar-refractivity contribution is 6.07. The van der Waals surface area contributed by atoms with Gasteiger partial charge in [-0.1, -0.05) is 24.3 Å². The Morgan fingerprint density at radius 2 is 1.74 bits per heavy atom. The van der Waals surface area contributed by atoms with E-state index in [9.17, 15) is 4.79 Å². The van der Waals surface area contributed by atoms with Gasteiger partial charge >= 0.3 is 0 Å². The molecule has 0 atom stereocenters. The van der Waals surface area contributed by atoms with Crippen LogP contribution >= 0.6 is 0 Å². The molecule has 27 heavy (non-hydrogen) atoms. The summed E-state index contributed by atoms with van der Waals surface area (Å²) in [6.45, 7) is 0.569. The maximum atomic E-state index is 12.6. The number of anilines is 2. The maximum absolute atomic E-state index is 12.6. The number of benzene rings is 1. The summed E-state index contributed by atoms with van der Waals surface area (Å²) < 4.78 is 0. The second-order valence-electron chi connectivity index (χ2n) is 5.94. The normalized spacial score (nSPS) is 10.5. The molecule has 1 amide bonds. The van der Waals surface area contributed by atoms with Gasteiger partial charge in [0, 0.05) is 29.7 Å². The van der Waals surface area contributed by atoms with Gasteiger partial charge in [0.15, 0.2) is 0 Å². The van der Waals surface area contributed by atoms with Crippen LogP contribution in [-0.2, 0) is 6.54 Å². The number of fused-ring (bicyclic) bond motifs is 1. The van der Waals surface area contributed by atoms with E-state index >= 15 is 0 Å². The second kappa shape index (κ2) is 7.61. The van der Waals surface area contributed by atoms with Gasteiger partial charge in [-0.25, -0.2) is 0 Å². The Kier molecular flexibility index (Phi) is 4.70. The third-order valence-corrected chi connectivity index (χ3v) is 4.07. The quantitative estimate of drug-likeness (QED) is 0.568. The third kappa shape index (κ3) is 3.90. The summed E-state index contributed by atoms with van der Waals surface area (Å²) in [6.07, 6.45) is 5.07. The van der Waals surface area contributed by atoms with Gasteiger partial charge in [0.25, 0.3) is 5.91 Å². The Bertz CT molecular complexity index is 1080. The highest BCUT2D eigenvalue weighted by atomic mass is 16.1. The van der Waals surface area contributed by atoms with E-state index in [-0.39, 0.29) is 5.91 Å². The van der Waals surface area contributed by atoms with Gasteiger partial charge in [-0.2, -0.15) is 0 Å². The highest BCUT2D eigenvalue weighted by Crippen LogP contribution is 2.21. The van der Waals surface area contributed by atoms with Gasteiger partial charge in [-0.05, 0) is 36.4 Å². The van der Waals surface area contributed by atoms with Crippen LogP contribution in [0.3, 0.4) is 0 Å². The molecule has 0 saturated heterocycles. The summed E-state index contributed by atoms with van der Waals surface area (Å²) in [4.78, 5) is 25.5. The summed E-state index contributed by atoms with van der Waals surface area (Å²) in [6, 6.07) is 18.8. The van der Waals surface area contributed by atoms with Crippen LogP contribution in [0.5, 0.6) is 0 Å². The van der Waals surface area contributed by atoms with E-state index in [1.54, 1.807) is 24.7 Å². The van der Waals surface area contributed by atoms with Crippen molar-refractivity contribution in [2.24, 2.45) is 0 Å². The Hall–Kier alpha value is -3.80. The van der Waals surface area contributed by atoms with E-state index < -0.39 is 0 Å². The number of aromatic nitrogens is 3. The zero-order chi connectivity index (χ0) is 18.5. The van der Waals surface area contributed by atoms with Crippen LogP contribution in [-0.4, -0.2) is 20.9 Å². The molecule has 0 radical (unpaired) electrons. The number of carbonyl (C=O) groups excluding carboxylic acids is 1. The monoisotopic (exact) mass is 355 g/mol. The lowest BCUT2D eigenvalue weighted by atomic mass is 10.2. The molecule has 4 aromatic rings. The number of nitrogens with one attached hydrogen (secondary N) is 2. The minimum Gasteiger partial charge on any atom is -0.379 e. The van der Waals surface area contributed by atoms with Crippen LogP contribution in [0.4, 0.5) is 11.4 Å². The molecule has 0 fully saturated rings. The molecule has 0 spiro atoms. The predicted molar refractivity (Wildman–Crippen MR) is 105 cm³/mol. The Labute approximate surface area is 156 Å². The van der Waals surface area contributed by atoms with Crippen molar-refractivity contribution in [1.82, 2.24) is 15.0 Å². The minimum absolute atomic E-state index is 0.283. The molecule has 132 valence electrons. The maximum Gasteiger partial charge on any atom is 0.274 e. The molecule has 0 aliphatic rings. The summed E-state index contributed by atoms with van der Waals surface area (Å²) >= 11 is 0. The molecular formula is C21H17N5O. The average molecular weight is 355 g/mol. The van der Waals surface area contributed by atoms with Crippen LogP contribution in [0.1, 0.15) is 16.2 Å². The largest absolute Gasteiger partial charge is 0.379 e. The van der Waals surface area contributed by atoms with Gasteiger partial charge in [0.05, 0.1) is 23.4 Å². The van der Waals surface area contributed by atoms with Crippen LogP contribution in [0.15, 0.2) is 79.3 Å². The number of para-hydroxylation sites is 1. The van der Waals surface area contributed by atoms with Crippen molar-refractivity contribution in [2.45, 2.75) is 6.54 Å². The van der Waals surface area contributed by atoms with E-state index in [0.29, 0.717) is 17.9 Å². The molecule has 3 heterocycles. The van der Waals surface area contributed by atoms with Crippen LogP contribution in [0.25, 0.3) is 10.9 Å². The fraction of sp³-hybridized carbons (Fsp3) is 0.0476. The van der Waals surface area contributed by atoms with E-state index in [0.717, 1.165) is 22.3 Å². The zero-order valence-electron chi connectivity index (χ0n) is 14.5. The number of rotatable bonds is 5. The van der Waals surface area contributed by atoms with Crippen molar-refractivity contribution in [1.29, 1.82) is 0 Å². The molecule has 6 nitrogen and oxygen atoms in total. The van der Waals surface area contributed by atoms with Crippen molar-refractivity contribution in [3.8, 4) is 0 Å². The lowest BCUT2D eigenvalue weighted by Gasteiger charge is -2.09. The Balaban J connectivity index is 1.50. The smallest absolute Gasteiger partial charge is 0.274 e. The summed E-state index contributed by atoms with van der Waals surface area (Å²) in [5.74, 6) is -0.283. The van der Waals surface area contributed by atoms with Crippen LogP contribution in [0.2, 0.25) is 0 Å². The SMILES string of the molecule is O=C(Nc1cccc2cccnc12)c1cc(NCc2ccccn2)ccn1. The molecule has 0 aliphatic heterocycles.